The molecule has 0 N–H and O–H groups in total. The largest absolute Gasteiger partial charge is 0.0620 e. The van der Waals surface area contributed by atoms with Crippen LogP contribution in [0.25, 0.3) is 0 Å². The molecule has 0 saturated heterocycles. The van der Waals surface area contributed by atoms with Gasteiger partial charge in [0.2, 0.25) is 0 Å². The molecule has 1 aliphatic carbocycles. The zero-order valence-electron chi connectivity index (χ0n) is 8.09. The van der Waals surface area contributed by atoms with E-state index in [4.69, 9.17) is 0 Å². The topological polar surface area (TPSA) is 0 Å². The summed E-state index contributed by atoms with van der Waals surface area (Å²) in [5, 5.41) is 0. The summed E-state index contributed by atoms with van der Waals surface area (Å²) in [7, 11) is 0. The summed E-state index contributed by atoms with van der Waals surface area (Å²) >= 11 is 0. The highest BCUT2D eigenvalue weighted by Crippen LogP contribution is 2.44. The maximum absolute atomic E-state index is 2.34. The first-order valence-corrected chi connectivity index (χ1v) is 4.71. The Balaban J connectivity index is 2.58. The lowest BCUT2D eigenvalue weighted by Gasteiger charge is -2.18. The lowest BCUT2D eigenvalue weighted by Crippen LogP contribution is -2.11. The first-order valence-electron chi connectivity index (χ1n) is 4.71. The molecule has 2 rings (SSSR count). The van der Waals surface area contributed by atoms with Crippen molar-refractivity contribution in [3.8, 4) is 0 Å². The van der Waals surface area contributed by atoms with Crippen molar-refractivity contribution in [1.82, 2.24) is 0 Å². The van der Waals surface area contributed by atoms with Crippen molar-refractivity contribution in [3.05, 3.63) is 35.4 Å². The quantitative estimate of drug-likeness (QED) is 0.545. The fraction of sp³-hybridized carbons (Fsp3) is 0.500. The summed E-state index contributed by atoms with van der Waals surface area (Å²) in [6, 6.07) is 8.85. The van der Waals surface area contributed by atoms with Crippen LogP contribution in [0.2, 0.25) is 0 Å². The van der Waals surface area contributed by atoms with E-state index >= 15 is 0 Å². The van der Waals surface area contributed by atoms with Crippen LogP contribution in [-0.2, 0) is 5.41 Å². The molecule has 12 heavy (non-hydrogen) atoms. The predicted octanol–water partition coefficient (Wildman–Crippen LogP) is 3.47. The van der Waals surface area contributed by atoms with Gasteiger partial charge < -0.3 is 0 Å². The minimum Gasteiger partial charge on any atom is -0.0620 e. The van der Waals surface area contributed by atoms with E-state index in [0.717, 1.165) is 5.92 Å². The van der Waals surface area contributed by atoms with Gasteiger partial charge in [0.15, 0.2) is 0 Å². The third-order valence-corrected chi connectivity index (χ3v) is 3.04. The zero-order chi connectivity index (χ0) is 8.77. The molecule has 1 aromatic rings. The lowest BCUT2D eigenvalue weighted by molar-refractivity contribution is 0.489. The minimum atomic E-state index is 0.399. The van der Waals surface area contributed by atoms with E-state index in [1.54, 1.807) is 11.1 Å². The third kappa shape index (κ3) is 0.979. The van der Waals surface area contributed by atoms with Gasteiger partial charge in [0.25, 0.3) is 0 Å². The average Bonchev–Trinajstić information content (AvgIpc) is 2.25. The van der Waals surface area contributed by atoms with Crippen LogP contribution in [0.3, 0.4) is 0 Å². The van der Waals surface area contributed by atoms with Crippen molar-refractivity contribution in [2.24, 2.45) is 0 Å². The molecule has 0 bridgehead atoms. The number of hydrogen-bond donors (Lipinski definition) is 0. The molecule has 0 spiro atoms. The Hall–Kier alpha value is -0.780. The van der Waals surface area contributed by atoms with Crippen LogP contribution in [0.15, 0.2) is 24.3 Å². The molecule has 0 unspecified atom stereocenters. The maximum Gasteiger partial charge on any atom is -0.00950 e. The van der Waals surface area contributed by atoms with Crippen LogP contribution in [-0.4, -0.2) is 0 Å². The molecular formula is C12H16. The van der Waals surface area contributed by atoms with E-state index in [1.807, 2.05) is 0 Å². The smallest absolute Gasteiger partial charge is 0.00950 e. The van der Waals surface area contributed by atoms with Crippen LogP contribution < -0.4 is 0 Å². The second kappa shape index (κ2) is 2.35. The van der Waals surface area contributed by atoms with Gasteiger partial charge >= 0.3 is 0 Å². The predicted molar refractivity (Wildman–Crippen MR) is 52.5 cm³/mol. The van der Waals surface area contributed by atoms with E-state index in [1.165, 1.54) is 6.42 Å². The number of rotatable bonds is 0. The van der Waals surface area contributed by atoms with Crippen LogP contribution in [0.1, 0.15) is 44.2 Å². The molecule has 0 aliphatic heterocycles. The Morgan fingerprint density at radius 2 is 1.92 bits per heavy atom. The molecule has 1 atom stereocenters. The minimum absolute atomic E-state index is 0.399. The highest BCUT2D eigenvalue weighted by molar-refractivity contribution is 5.40. The molecule has 0 saturated carbocycles. The first-order chi connectivity index (χ1) is 5.61. The van der Waals surface area contributed by atoms with Gasteiger partial charge in [-0.25, -0.2) is 0 Å². The summed E-state index contributed by atoms with van der Waals surface area (Å²) < 4.78 is 0. The molecule has 0 heterocycles. The van der Waals surface area contributed by atoms with Gasteiger partial charge in [-0.1, -0.05) is 45.0 Å². The third-order valence-electron chi connectivity index (χ3n) is 3.04. The molecule has 64 valence electrons. The molecule has 0 radical (unpaired) electrons. The van der Waals surface area contributed by atoms with Gasteiger partial charge in [0, 0.05) is 0 Å². The fourth-order valence-electron chi connectivity index (χ4n) is 2.53. The Bertz CT molecular complexity index is 297. The van der Waals surface area contributed by atoms with Crippen molar-refractivity contribution < 1.29 is 0 Å². The first kappa shape index (κ1) is 7.85. The molecule has 0 fully saturated rings. The maximum atomic E-state index is 2.34. The van der Waals surface area contributed by atoms with Crippen molar-refractivity contribution in [2.45, 2.75) is 38.5 Å². The molecule has 0 heteroatoms. The van der Waals surface area contributed by atoms with Crippen LogP contribution in [0.4, 0.5) is 0 Å². The van der Waals surface area contributed by atoms with Gasteiger partial charge in [0.1, 0.15) is 0 Å². The Morgan fingerprint density at radius 1 is 1.25 bits per heavy atom. The van der Waals surface area contributed by atoms with Crippen LogP contribution >= 0.6 is 0 Å². The van der Waals surface area contributed by atoms with Crippen molar-refractivity contribution in [1.29, 1.82) is 0 Å². The summed E-state index contributed by atoms with van der Waals surface area (Å²) in [5.41, 5.74) is 3.51. The summed E-state index contributed by atoms with van der Waals surface area (Å²) in [5.74, 6) is 0.746. The second-order valence-corrected chi connectivity index (χ2v) is 4.58. The lowest BCUT2D eigenvalue weighted by atomic mass is 9.86. The van der Waals surface area contributed by atoms with Crippen LogP contribution in [0.5, 0.6) is 0 Å². The Morgan fingerprint density at radius 3 is 2.58 bits per heavy atom. The molecule has 1 aromatic carbocycles. The molecule has 1 aliphatic rings. The van der Waals surface area contributed by atoms with Gasteiger partial charge in [-0.3, -0.25) is 0 Å². The Kier molecular flexibility index (Phi) is 1.54. The van der Waals surface area contributed by atoms with Crippen molar-refractivity contribution in [3.63, 3.8) is 0 Å². The average molecular weight is 160 g/mol. The Labute approximate surface area is 74.6 Å². The highest BCUT2D eigenvalue weighted by Gasteiger charge is 2.33. The standard InChI is InChI=1S/C12H16/c1-9-8-12(2,3)11-7-5-4-6-10(9)11/h4-7,9H,8H2,1-3H3/t9-/m0/s1. The SMILES string of the molecule is C[C@H]1CC(C)(C)c2ccccc21. The van der Waals surface area contributed by atoms with Crippen molar-refractivity contribution >= 4 is 0 Å². The molecule has 0 amide bonds. The monoisotopic (exact) mass is 160 g/mol. The fourth-order valence-corrected chi connectivity index (χ4v) is 2.53. The van der Waals surface area contributed by atoms with Gasteiger partial charge in [-0.15, -0.1) is 0 Å². The van der Waals surface area contributed by atoms with E-state index in [0.29, 0.717) is 5.41 Å². The zero-order valence-corrected chi connectivity index (χ0v) is 8.09. The molecule has 0 aromatic heterocycles. The van der Waals surface area contributed by atoms with E-state index in [-0.39, 0.29) is 0 Å². The number of benzene rings is 1. The normalized spacial score (nSPS) is 25.4. The van der Waals surface area contributed by atoms with Crippen molar-refractivity contribution in [2.75, 3.05) is 0 Å². The van der Waals surface area contributed by atoms with Gasteiger partial charge in [-0.05, 0) is 28.9 Å². The molecule has 0 nitrogen and oxygen atoms in total. The van der Waals surface area contributed by atoms with Crippen LogP contribution in [0, 0.1) is 0 Å². The summed E-state index contributed by atoms with van der Waals surface area (Å²) in [4.78, 5) is 0. The summed E-state index contributed by atoms with van der Waals surface area (Å²) in [6.07, 6.45) is 1.30. The van der Waals surface area contributed by atoms with Gasteiger partial charge in [-0.2, -0.15) is 0 Å². The second-order valence-electron chi connectivity index (χ2n) is 4.58. The summed E-state index contributed by atoms with van der Waals surface area (Å²) in [6.45, 7) is 7.01. The number of fused-ring (bicyclic) bond motifs is 1. The van der Waals surface area contributed by atoms with Gasteiger partial charge in [0.05, 0.1) is 0 Å². The number of hydrogen-bond acceptors (Lipinski definition) is 0. The highest BCUT2D eigenvalue weighted by atomic mass is 14.4. The van der Waals surface area contributed by atoms with E-state index < -0.39 is 0 Å². The molecular weight excluding hydrogens is 144 g/mol. The van der Waals surface area contributed by atoms with E-state index in [9.17, 15) is 0 Å². The van der Waals surface area contributed by atoms with E-state index in [2.05, 4.69) is 45.0 Å².